The first kappa shape index (κ1) is 49.4. The van der Waals surface area contributed by atoms with Crippen LogP contribution in [0.4, 0.5) is 0 Å². The van der Waals surface area contributed by atoms with Gasteiger partial charge in [0.15, 0.2) is 0 Å². The lowest BCUT2D eigenvalue weighted by Crippen LogP contribution is -2.60. The van der Waals surface area contributed by atoms with Gasteiger partial charge in [0.05, 0.1) is 42.7 Å². The molecular formula is C40H74N5O8P. The molecule has 1 aliphatic heterocycles. The van der Waals surface area contributed by atoms with Crippen LogP contribution in [0.25, 0.3) is 0 Å². The predicted octanol–water partition coefficient (Wildman–Crippen LogP) is 4.39. The number of aliphatic carboxylic acids is 1. The van der Waals surface area contributed by atoms with Crippen LogP contribution in [0.3, 0.4) is 0 Å². The molecule has 312 valence electrons. The SMILES string of the molecule is C=PC[C@H](NC(=O)[C@H](C)[C@@H](OC)[C@@H]1CCCN1C(=O)C[C@@H](OC)[C@H]([C@@H](C)CC)N(C)C(=O)[C@@H](NC(=O)[C@H](C(C)C)N(C)CCCC(C)C)C(C)C)C(=O)O. The summed E-state index contributed by atoms with van der Waals surface area (Å²) < 4.78 is 11.8. The molecule has 1 aliphatic rings. The number of methoxy groups -OCH3 is 2. The van der Waals surface area contributed by atoms with Gasteiger partial charge in [-0.15, -0.1) is 8.20 Å². The fraction of sp³-hybridized carbons (Fsp3) is 0.850. The Morgan fingerprint density at radius 3 is 2.06 bits per heavy atom. The number of hydrogen-bond acceptors (Lipinski definition) is 8. The summed E-state index contributed by atoms with van der Waals surface area (Å²) in [5.74, 6) is -2.53. The summed E-state index contributed by atoms with van der Waals surface area (Å²) in [6.07, 6.45) is 6.64. The lowest BCUT2D eigenvalue weighted by Gasteiger charge is -2.41. The first-order valence-electron chi connectivity index (χ1n) is 19.9. The highest BCUT2D eigenvalue weighted by molar-refractivity contribution is 7.36. The van der Waals surface area contributed by atoms with Gasteiger partial charge in [-0.25, -0.2) is 4.79 Å². The van der Waals surface area contributed by atoms with Crippen molar-refractivity contribution in [2.24, 2.45) is 29.6 Å². The summed E-state index contributed by atoms with van der Waals surface area (Å²) in [7, 11) is 7.33. The molecule has 0 aliphatic carbocycles. The predicted molar refractivity (Wildman–Crippen MR) is 217 cm³/mol. The van der Waals surface area contributed by atoms with Crippen molar-refractivity contribution in [3.05, 3.63) is 0 Å². The molecular weight excluding hydrogens is 709 g/mol. The summed E-state index contributed by atoms with van der Waals surface area (Å²) >= 11 is 0. The van der Waals surface area contributed by atoms with Gasteiger partial charge >= 0.3 is 5.97 Å². The molecule has 4 amide bonds. The fourth-order valence-corrected chi connectivity index (χ4v) is 8.30. The van der Waals surface area contributed by atoms with Gasteiger partial charge in [-0.1, -0.05) is 75.0 Å². The van der Waals surface area contributed by atoms with Crippen LogP contribution in [0, 0.1) is 29.6 Å². The second-order valence-electron chi connectivity index (χ2n) is 16.3. The molecule has 0 aromatic rings. The molecule has 0 radical (unpaired) electrons. The van der Waals surface area contributed by atoms with E-state index in [1.165, 1.54) is 7.11 Å². The minimum atomic E-state index is -1.13. The molecule has 14 heteroatoms. The number of hydrogen-bond donors (Lipinski definition) is 3. The zero-order chi connectivity index (χ0) is 41.4. The van der Waals surface area contributed by atoms with E-state index in [2.05, 4.69) is 35.7 Å². The van der Waals surface area contributed by atoms with Crippen LogP contribution in [0.15, 0.2) is 0 Å². The zero-order valence-electron chi connectivity index (χ0n) is 35.6. The number of carboxylic acid groups (broad SMARTS) is 1. The van der Waals surface area contributed by atoms with Crippen molar-refractivity contribution >= 4 is 44.1 Å². The van der Waals surface area contributed by atoms with Crippen molar-refractivity contribution < 1.29 is 38.6 Å². The molecule has 3 N–H and O–H groups in total. The van der Waals surface area contributed by atoms with Crippen LogP contribution >= 0.6 is 8.20 Å². The van der Waals surface area contributed by atoms with Gasteiger partial charge in [-0.3, -0.25) is 24.1 Å². The van der Waals surface area contributed by atoms with Crippen LogP contribution in [0.1, 0.15) is 101 Å². The molecule has 0 aromatic carbocycles. The van der Waals surface area contributed by atoms with Crippen molar-refractivity contribution in [3.8, 4) is 0 Å². The van der Waals surface area contributed by atoms with Crippen LogP contribution in [-0.2, 0) is 33.4 Å². The van der Waals surface area contributed by atoms with Gasteiger partial charge in [0.1, 0.15) is 12.1 Å². The zero-order valence-corrected chi connectivity index (χ0v) is 36.5. The Morgan fingerprint density at radius 1 is 0.944 bits per heavy atom. The topological polar surface area (TPSA) is 158 Å². The van der Waals surface area contributed by atoms with Gasteiger partial charge in [-0.05, 0) is 62.9 Å². The maximum absolute atomic E-state index is 14.4. The largest absolute Gasteiger partial charge is 0.480 e. The Kier molecular flexibility index (Phi) is 22.1. The average Bonchev–Trinajstić information content (AvgIpc) is 3.58. The Morgan fingerprint density at radius 2 is 1.57 bits per heavy atom. The highest BCUT2D eigenvalue weighted by Gasteiger charge is 2.43. The quantitative estimate of drug-likeness (QED) is 0.114. The number of rotatable bonds is 25. The molecule has 0 spiro atoms. The Labute approximate surface area is 327 Å². The van der Waals surface area contributed by atoms with E-state index in [4.69, 9.17) is 9.47 Å². The van der Waals surface area contributed by atoms with Crippen molar-refractivity contribution in [1.29, 1.82) is 0 Å². The molecule has 1 saturated heterocycles. The second kappa shape index (κ2) is 24.1. The van der Waals surface area contributed by atoms with Crippen molar-refractivity contribution in [3.63, 3.8) is 0 Å². The highest BCUT2D eigenvalue weighted by Crippen LogP contribution is 2.30. The van der Waals surface area contributed by atoms with Crippen molar-refractivity contribution in [2.75, 3.05) is 47.6 Å². The third-order valence-electron chi connectivity index (χ3n) is 11.1. The van der Waals surface area contributed by atoms with E-state index < -0.39 is 60.2 Å². The number of nitrogens with zero attached hydrogens (tertiary/aromatic N) is 3. The molecule has 0 bridgehead atoms. The highest BCUT2D eigenvalue weighted by atomic mass is 31.1. The molecule has 0 saturated carbocycles. The molecule has 9 atom stereocenters. The average molecular weight is 784 g/mol. The lowest BCUT2D eigenvalue weighted by atomic mass is 9.89. The standard InChI is InChI=1S/C40H74N5O8P/c1-15-27(8)35(44(11)39(49)33(25(4)5)42-38(48)34(26(6)7)43(10)20-16-18-24(2)3)31(52-12)22-32(46)45-21-17-19-30(45)36(53-13)28(9)37(47)41-29(23-54-14)40(50)51/h24-31,33-36H,14-23H2,1-13H3,(H,41,47)(H,42,48)(H,50,51)/t27-,28+,29-,30-,31+,33-,34-,35-,36+/m0/s1. The van der Waals surface area contributed by atoms with Crippen molar-refractivity contribution in [2.45, 2.75) is 143 Å². The number of carbonyl (C=O) groups is 5. The molecule has 13 nitrogen and oxygen atoms in total. The first-order valence-corrected chi connectivity index (χ1v) is 21.1. The lowest BCUT2D eigenvalue weighted by molar-refractivity contribution is -0.148. The number of likely N-dealkylation sites (tertiary alicyclic amines) is 1. The second-order valence-corrected chi connectivity index (χ2v) is 17.1. The van der Waals surface area contributed by atoms with Crippen LogP contribution in [0.5, 0.6) is 0 Å². The number of amides is 4. The first-order chi connectivity index (χ1) is 25.3. The molecule has 54 heavy (non-hydrogen) atoms. The molecule has 1 heterocycles. The molecule has 1 rings (SSSR count). The van der Waals surface area contributed by atoms with Gasteiger partial charge < -0.3 is 35.0 Å². The third-order valence-corrected chi connectivity index (χ3v) is 11.7. The summed E-state index contributed by atoms with van der Waals surface area (Å²) in [4.78, 5) is 72.8. The number of likely N-dealkylation sites (N-methyl/N-ethyl adjacent to an activating group) is 2. The minimum Gasteiger partial charge on any atom is -0.480 e. The van der Waals surface area contributed by atoms with Gasteiger partial charge in [0.2, 0.25) is 23.6 Å². The minimum absolute atomic E-state index is 0.00436. The molecule has 0 unspecified atom stereocenters. The summed E-state index contributed by atoms with van der Waals surface area (Å²) in [5.41, 5.74) is 0. The van der Waals surface area contributed by atoms with E-state index in [1.54, 1.807) is 30.9 Å². The number of ether oxygens (including phenoxy) is 2. The number of carbonyl (C=O) groups excluding carboxylic acids is 4. The summed E-state index contributed by atoms with van der Waals surface area (Å²) in [6.45, 7) is 19.3. The van der Waals surface area contributed by atoms with Gasteiger partial charge in [0, 0.05) is 34.0 Å². The van der Waals surface area contributed by atoms with E-state index in [0.29, 0.717) is 33.5 Å². The van der Waals surface area contributed by atoms with E-state index in [9.17, 15) is 29.1 Å². The summed E-state index contributed by atoms with van der Waals surface area (Å²) in [5, 5.41) is 15.3. The number of carboxylic acids is 1. The van der Waals surface area contributed by atoms with Crippen LogP contribution < -0.4 is 10.6 Å². The maximum Gasteiger partial charge on any atom is 0.326 e. The van der Waals surface area contributed by atoms with E-state index >= 15 is 0 Å². The Hall–Kier alpha value is -2.60. The van der Waals surface area contributed by atoms with E-state index in [0.717, 1.165) is 25.8 Å². The van der Waals surface area contributed by atoms with Crippen LogP contribution in [0.2, 0.25) is 0 Å². The van der Waals surface area contributed by atoms with Gasteiger partial charge in [0.25, 0.3) is 0 Å². The summed E-state index contributed by atoms with van der Waals surface area (Å²) in [6, 6.07) is -3.12. The monoisotopic (exact) mass is 784 g/mol. The number of nitrogens with one attached hydrogen (secondary N) is 2. The fourth-order valence-electron chi connectivity index (χ4n) is 7.80. The molecule has 0 aromatic heterocycles. The van der Waals surface area contributed by atoms with E-state index in [-0.39, 0.29) is 48.1 Å². The smallest absolute Gasteiger partial charge is 0.326 e. The maximum atomic E-state index is 14.4. The Bertz CT molecular complexity index is 1220. The Balaban J connectivity index is 3.28. The van der Waals surface area contributed by atoms with Gasteiger partial charge in [-0.2, -0.15) is 0 Å². The van der Waals surface area contributed by atoms with Crippen molar-refractivity contribution in [1.82, 2.24) is 25.3 Å². The van der Waals surface area contributed by atoms with Crippen LogP contribution in [-0.4, -0.2) is 146 Å². The third kappa shape index (κ3) is 14.2. The normalized spacial score (nSPS) is 19.4. The van der Waals surface area contributed by atoms with E-state index in [1.807, 2.05) is 48.6 Å². The molecule has 1 fully saturated rings.